The van der Waals surface area contributed by atoms with Crippen LogP contribution in [0.25, 0.3) is 0 Å². The Bertz CT molecular complexity index is 1340. The van der Waals surface area contributed by atoms with Gasteiger partial charge in [0.1, 0.15) is 12.6 Å². The SMILES string of the molecule is CCCCNC(=O)C(Cc1ccccc1)N(Cc1ccc(Br)cc1)C(=O)CN(c1ccc(Br)cc1)S(C)(=O)=O. The molecule has 3 aromatic rings. The number of carbonyl (C=O) groups excluding carboxylic acids is 2. The molecule has 3 aromatic carbocycles. The molecule has 10 heteroatoms. The molecule has 0 bridgehead atoms. The molecule has 0 aliphatic carbocycles. The number of sulfonamides is 1. The van der Waals surface area contributed by atoms with Gasteiger partial charge >= 0.3 is 0 Å². The monoisotopic (exact) mass is 677 g/mol. The normalized spacial score (nSPS) is 12.0. The molecule has 1 atom stereocenters. The predicted octanol–water partition coefficient (Wildman–Crippen LogP) is 5.53. The Kier molecular flexibility index (Phi) is 11.6. The summed E-state index contributed by atoms with van der Waals surface area (Å²) in [4.78, 5) is 29.0. The first-order chi connectivity index (χ1) is 18.6. The van der Waals surface area contributed by atoms with E-state index in [2.05, 4.69) is 37.2 Å². The van der Waals surface area contributed by atoms with Gasteiger partial charge in [0.05, 0.1) is 11.9 Å². The second-order valence-electron chi connectivity index (χ2n) is 9.24. The Morgan fingerprint density at radius 1 is 0.872 bits per heavy atom. The van der Waals surface area contributed by atoms with Gasteiger partial charge < -0.3 is 10.2 Å². The lowest BCUT2D eigenvalue weighted by Crippen LogP contribution is -2.53. The van der Waals surface area contributed by atoms with Gasteiger partial charge in [0, 0.05) is 28.5 Å². The molecule has 1 N–H and O–H groups in total. The molecule has 0 heterocycles. The summed E-state index contributed by atoms with van der Waals surface area (Å²) in [6.45, 7) is 2.24. The van der Waals surface area contributed by atoms with E-state index in [0.717, 1.165) is 43.5 Å². The van der Waals surface area contributed by atoms with Crippen LogP contribution in [0.3, 0.4) is 0 Å². The van der Waals surface area contributed by atoms with Gasteiger partial charge in [0.25, 0.3) is 0 Å². The number of nitrogens with zero attached hydrogens (tertiary/aromatic N) is 2. The summed E-state index contributed by atoms with van der Waals surface area (Å²) >= 11 is 6.80. The maximum atomic E-state index is 14.0. The molecule has 3 rings (SSSR count). The summed E-state index contributed by atoms with van der Waals surface area (Å²) in [5, 5.41) is 2.98. The van der Waals surface area contributed by atoms with Crippen LogP contribution in [0.5, 0.6) is 0 Å². The van der Waals surface area contributed by atoms with Crippen LogP contribution >= 0.6 is 31.9 Å². The third-order valence-electron chi connectivity index (χ3n) is 6.16. The minimum Gasteiger partial charge on any atom is -0.354 e. The predicted molar refractivity (Wildman–Crippen MR) is 163 cm³/mol. The van der Waals surface area contributed by atoms with Crippen molar-refractivity contribution in [1.29, 1.82) is 0 Å². The Labute approximate surface area is 247 Å². The third-order valence-corrected chi connectivity index (χ3v) is 8.36. The summed E-state index contributed by atoms with van der Waals surface area (Å²) < 4.78 is 28.3. The van der Waals surface area contributed by atoms with Gasteiger partial charge in [-0.2, -0.15) is 0 Å². The highest BCUT2D eigenvalue weighted by Gasteiger charge is 2.32. The average Bonchev–Trinajstić information content (AvgIpc) is 2.91. The lowest BCUT2D eigenvalue weighted by atomic mass is 10.0. The van der Waals surface area contributed by atoms with E-state index in [1.54, 1.807) is 24.3 Å². The van der Waals surface area contributed by atoms with Crippen LogP contribution in [-0.4, -0.2) is 50.5 Å². The summed E-state index contributed by atoms with van der Waals surface area (Å²) in [6.07, 6.45) is 3.09. The highest BCUT2D eigenvalue weighted by Crippen LogP contribution is 2.23. The van der Waals surface area contributed by atoms with Gasteiger partial charge in [-0.1, -0.05) is 87.7 Å². The van der Waals surface area contributed by atoms with Crippen LogP contribution < -0.4 is 9.62 Å². The van der Waals surface area contributed by atoms with Gasteiger partial charge in [-0.15, -0.1) is 0 Å². The van der Waals surface area contributed by atoms with Crippen LogP contribution in [-0.2, 0) is 32.6 Å². The minimum absolute atomic E-state index is 0.142. The summed E-state index contributed by atoms with van der Waals surface area (Å²) in [7, 11) is -3.80. The number of benzene rings is 3. The quantitative estimate of drug-likeness (QED) is 0.241. The molecule has 0 spiro atoms. The van der Waals surface area contributed by atoms with Crippen LogP contribution in [0.2, 0.25) is 0 Å². The van der Waals surface area contributed by atoms with Crippen molar-refractivity contribution in [2.24, 2.45) is 0 Å². The number of nitrogens with one attached hydrogen (secondary N) is 1. The fourth-order valence-corrected chi connectivity index (χ4v) is 5.45. The smallest absolute Gasteiger partial charge is 0.244 e. The molecule has 0 saturated carbocycles. The van der Waals surface area contributed by atoms with E-state index < -0.39 is 28.5 Å². The van der Waals surface area contributed by atoms with Crippen molar-refractivity contribution in [3.8, 4) is 0 Å². The lowest BCUT2D eigenvalue weighted by molar-refractivity contribution is -0.140. The Hall–Kier alpha value is -2.69. The van der Waals surface area contributed by atoms with Gasteiger partial charge in [0.15, 0.2) is 0 Å². The summed E-state index contributed by atoms with van der Waals surface area (Å²) in [5.74, 6) is -0.745. The minimum atomic E-state index is -3.80. The lowest BCUT2D eigenvalue weighted by Gasteiger charge is -2.33. The molecule has 0 saturated heterocycles. The van der Waals surface area contributed by atoms with Crippen molar-refractivity contribution in [3.05, 3.63) is 98.9 Å². The van der Waals surface area contributed by atoms with E-state index in [4.69, 9.17) is 0 Å². The molecule has 2 amide bonds. The van der Waals surface area contributed by atoms with Crippen molar-refractivity contribution < 1.29 is 18.0 Å². The van der Waals surface area contributed by atoms with E-state index in [1.165, 1.54) is 4.90 Å². The van der Waals surface area contributed by atoms with E-state index in [9.17, 15) is 18.0 Å². The Morgan fingerprint density at radius 3 is 2.03 bits per heavy atom. The van der Waals surface area contributed by atoms with E-state index in [-0.39, 0.29) is 18.9 Å². The zero-order valence-corrected chi connectivity index (χ0v) is 26.0. The second kappa shape index (κ2) is 14.6. The number of hydrogen-bond acceptors (Lipinski definition) is 4. The molecule has 208 valence electrons. The highest BCUT2D eigenvalue weighted by atomic mass is 79.9. The standard InChI is InChI=1S/C29H33Br2N3O4S/c1-3-4-18-32-29(36)27(19-22-8-6-5-7-9-22)33(20-23-10-12-24(30)13-11-23)28(35)21-34(39(2,37)38)26-16-14-25(31)15-17-26/h5-17,27H,3-4,18-21H2,1-2H3,(H,32,36). The number of unbranched alkanes of at least 4 members (excludes halogenated alkanes) is 1. The molecule has 1 unspecified atom stereocenters. The van der Waals surface area contributed by atoms with Crippen molar-refractivity contribution in [2.45, 2.75) is 38.8 Å². The van der Waals surface area contributed by atoms with Crippen molar-refractivity contribution in [1.82, 2.24) is 10.2 Å². The van der Waals surface area contributed by atoms with Gasteiger partial charge in [0.2, 0.25) is 21.8 Å². The van der Waals surface area contributed by atoms with Gasteiger partial charge in [-0.05, 0) is 53.9 Å². The first kappa shape index (κ1) is 30.8. The first-order valence-electron chi connectivity index (χ1n) is 12.7. The molecular formula is C29H33Br2N3O4S. The Balaban J connectivity index is 2.01. The number of carbonyl (C=O) groups is 2. The van der Waals surface area contributed by atoms with E-state index in [1.807, 2.05) is 61.5 Å². The number of amides is 2. The molecule has 7 nitrogen and oxygen atoms in total. The summed E-state index contributed by atoms with van der Waals surface area (Å²) in [5.41, 5.74) is 2.08. The fraction of sp³-hybridized carbons (Fsp3) is 0.310. The van der Waals surface area contributed by atoms with E-state index >= 15 is 0 Å². The maximum Gasteiger partial charge on any atom is 0.244 e. The second-order valence-corrected chi connectivity index (χ2v) is 13.0. The molecular weight excluding hydrogens is 646 g/mol. The molecule has 0 aliphatic heterocycles. The van der Waals surface area contributed by atoms with Gasteiger partial charge in [-0.25, -0.2) is 8.42 Å². The largest absolute Gasteiger partial charge is 0.354 e. The number of anilines is 1. The molecule has 0 aliphatic rings. The van der Waals surface area contributed by atoms with E-state index in [0.29, 0.717) is 12.2 Å². The molecule has 0 radical (unpaired) electrons. The highest BCUT2D eigenvalue weighted by molar-refractivity contribution is 9.10. The fourth-order valence-electron chi connectivity index (χ4n) is 4.07. The van der Waals surface area contributed by atoms with Crippen molar-refractivity contribution >= 4 is 59.4 Å². The zero-order valence-electron chi connectivity index (χ0n) is 22.0. The molecule has 39 heavy (non-hydrogen) atoms. The van der Waals surface area contributed by atoms with Crippen LogP contribution in [0.15, 0.2) is 87.8 Å². The first-order valence-corrected chi connectivity index (χ1v) is 16.1. The number of rotatable bonds is 13. The maximum absolute atomic E-state index is 14.0. The topological polar surface area (TPSA) is 86.8 Å². The van der Waals surface area contributed by atoms with Crippen LogP contribution in [0, 0.1) is 0 Å². The van der Waals surface area contributed by atoms with Crippen LogP contribution in [0.4, 0.5) is 5.69 Å². The van der Waals surface area contributed by atoms with Crippen molar-refractivity contribution in [2.75, 3.05) is 23.7 Å². The zero-order chi connectivity index (χ0) is 28.4. The summed E-state index contributed by atoms with van der Waals surface area (Å²) in [6, 6.07) is 22.9. The Morgan fingerprint density at radius 2 is 1.46 bits per heavy atom. The third kappa shape index (κ3) is 9.47. The average molecular weight is 679 g/mol. The molecule has 0 fully saturated rings. The number of hydrogen-bond donors (Lipinski definition) is 1. The molecule has 0 aromatic heterocycles. The van der Waals surface area contributed by atoms with Crippen LogP contribution in [0.1, 0.15) is 30.9 Å². The van der Waals surface area contributed by atoms with Gasteiger partial charge in [-0.3, -0.25) is 13.9 Å². The van der Waals surface area contributed by atoms with Crippen molar-refractivity contribution in [3.63, 3.8) is 0 Å². The number of halogens is 2.